The molecule has 0 aliphatic heterocycles. The third-order valence-corrected chi connectivity index (χ3v) is 7.12. The van der Waals surface area contributed by atoms with Gasteiger partial charge in [0.15, 0.2) is 0 Å². The summed E-state index contributed by atoms with van der Waals surface area (Å²) in [5, 5.41) is 0. The molecule has 0 N–H and O–H groups in total. The normalized spacial score (nSPS) is 38.2. The van der Waals surface area contributed by atoms with Crippen LogP contribution in [-0.2, 0) is 0 Å². The Labute approximate surface area is 108 Å². The fraction of sp³-hybridized carbons (Fsp3) is 0.882. The highest BCUT2D eigenvalue weighted by atomic mass is 14.6. The highest BCUT2D eigenvalue weighted by molar-refractivity contribution is 5.28. The Morgan fingerprint density at radius 2 is 1.65 bits per heavy atom. The van der Waals surface area contributed by atoms with Crippen molar-refractivity contribution in [2.75, 3.05) is 0 Å². The quantitative estimate of drug-likeness (QED) is 0.489. The van der Waals surface area contributed by atoms with Crippen LogP contribution in [-0.4, -0.2) is 0 Å². The van der Waals surface area contributed by atoms with Crippen molar-refractivity contribution in [2.24, 2.45) is 28.1 Å². The average molecular weight is 234 g/mol. The number of rotatable bonds is 0. The summed E-state index contributed by atoms with van der Waals surface area (Å²) in [6, 6.07) is 0. The molecule has 0 saturated heterocycles. The summed E-state index contributed by atoms with van der Waals surface area (Å²) in [6.07, 6.45) is 6.68. The first-order chi connectivity index (χ1) is 7.64. The van der Waals surface area contributed by atoms with Crippen molar-refractivity contribution in [1.82, 2.24) is 0 Å². The molecule has 0 heterocycles. The van der Waals surface area contributed by atoms with Gasteiger partial charge in [-0.25, -0.2) is 0 Å². The number of hydrogen-bond acceptors (Lipinski definition) is 0. The molecule has 2 aliphatic rings. The van der Waals surface area contributed by atoms with Gasteiger partial charge in [0.05, 0.1) is 0 Å². The lowest BCUT2D eigenvalue weighted by molar-refractivity contribution is -0.0921. The van der Waals surface area contributed by atoms with E-state index >= 15 is 0 Å². The molecule has 2 atom stereocenters. The summed E-state index contributed by atoms with van der Waals surface area (Å²) in [5.41, 5.74) is 2.88. The van der Waals surface area contributed by atoms with Gasteiger partial charge in [-0.15, -0.1) is 0 Å². The Morgan fingerprint density at radius 3 is 2.24 bits per heavy atom. The molecule has 1 fully saturated rings. The van der Waals surface area contributed by atoms with E-state index in [9.17, 15) is 0 Å². The van der Waals surface area contributed by atoms with Crippen LogP contribution >= 0.6 is 0 Å². The molecule has 2 rings (SSSR count). The number of hydrogen-bond donors (Lipinski definition) is 0. The van der Waals surface area contributed by atoms with Crippen molar-refractivity contribution in [3.05, 3.63) is 11.6 Å². The standard InChI is InChI=1S/C17H30/c1-12-13-10-8-9-11-14(13)16(4,5)17(6,7)15(12,2)3/h11-13H,8-10H2,1-7H3. The van der Waals surface area contributed by atoms with E-state index in [2.05, 4.69) is 54.5 Å². The highest BCUT2D eigenvalue weighted by Gasteiger charge is 2.58. The van der Waals surface area contributed by atoms with E-state index in [1.165, 1.54) is 19.3 Å². The van der Waals surface area contributed by atoms with Gasteiger partial charge >= 0.3 is 0 Å². The predicted molar refractivity (Wildman–Crippen MR) is 75.9 cm³/mol. The first kappa shape index (κ1) is 13.2. The number of allylic oxidation sites excluding steroid dienone is 2. The van der Waals surface area contributed by atoms with Crippen LogP contribution in [0, 0.1) is 28.1 Å². The molecule has 0 nitrogen and oxygen atoms in total. The third-order valence-electron chi connectivity index (χ3n) is 7.12. The zero-order chi connectivity index (χ0) is 13.1. The SMILES string of the molecule is CC1C2CCCC=C2C(C)(C)C(C)(C)C1(C)C. The minimum Gasteiger partial charge on any atom is -0.0845 e. The summed E-state index contributed by atoms with van der Waals surface area (Å²) in [4.78, 5) is 0. The van der Waals surface area contributed by atoms with Gasteiger partial charge in [-0.3, -0.25) is 0 Å². The molecular weight excluding hydrogens is 204 g/mol. The van der Waals surface area contributed by atoms with Gasteiger partial charge in [-0.2, -0.15) is 0 Å². The van der Waals surface area contributed by atoms with E-state index in [4.69, 9.17) is 0 Å². The molecule has 0 aromatic heterocycles. The number of fused-ring (bicyclic) bond motifs is 1. The maximum atomic E-state index is 2.57. The maximum Gasteiger partial charge on any atom is -0.00855 e. The fourth-order valence-corrected chi connectivity index (χ4v) is 4.38. The van der Waals surface area contributed by atoms with Gasteiger partial charge in [-0.1, -0.05) is 60.1 Å². The van der Waals surface area contributed by atoms with Crippen LogP contribution in [0.1, 0.15) is 67.7 Å². The summed E-state index contributed by atoms with van der Waals surface area (Å²) in [7, 11) is 0. The second-order valence-corrected chi connectivity index (χ2v) is 7.96. The second kappa shape index (κ2) is 3.62. The zero-order valence-electron chi connectivity index (χ0n) is 12.9. The summed E-state index contributed by atoms with van der Waals surface area (Å²) < 4.78 is 0. The van der Waals surface area contributed by atoms with Crippen molar-refractivity contribution < 1.29 is 0 Å². The van der Waals surface area contributed by atoms with E-state index < -0.39 is 0 Å². The van der Waals surface area contributed by atoms with E-state index in [0.717, 1.165) is 11.8 Å². The summed E-state index contributed by atoms with van der Waals surface area (Å²) in [6.45, 7) is 17.4. The van der Waals surface area contributed by atoms with Crippen molar-refractivity contribution in [3.8, 4) is 0 Å². The van der Waals surface area contributed by atoms with Crippen molar-refractivity contribution in [1.29, 1.82) is 0 Å². The molecule has 0 aromatic carbocycles. The van der Waals surface area contributed by atoms with Gasteiger partial charge in [0.2, 0.25) is 0 Å². The monoisotopic (exact) mass is 234 g/mol. The Balaban J connectivity index is 2.56. The fourth-order valence-electron chi connectivity index (χ4n) is 4.38. The van der Waals surface area contributed by atoms with Crippen LogP contribution in [0.2, 0.25) is 0 Å². The Kier molecular flexibility index (Phi) is 2.81. The van der Waals surface area contributed by atoms with Gasteiger partial charge in [0, 0.05) is 0 Å². The van der Waals surface area contributed by atoms with Crippen LogP contribution in [0.5, 0.6) is 0 Å². The second-order valence-electron chi connectivity index (χ2n) is 7.96. The minimum atomic E-state index is 0.341. The van der Waals surface area contributed by atoms with Crippen LogP contribution in [0.25, 0.3) is 0 Å². The minimum absolute atomic E-state index is 0.341. The van der Waals surface area contributed by atoms with Crippen LogP contribution < -0.4 is 0 Å². The average Bonchev–Trinajstić information content (AvgIpc) is 2.26. The Bertz CT molecular complexity index is 341. The molecule has 1 saturated carbocycles. The predicted octanol–water partition coefficient (Wildman–Crippen LogP) is 5.44. The largest absolute Gasteiger partial charge is 0.0845 e. The lowest BCUT2D eigenvalue weighted by Crippen LogP contribution is -2.56. The molecule has 98 valence electrons. The molecule has 0 spiro atoms. The lowest BCUT2D eigenvalue weighted by atomic mass is 9.41. The van der Waals surface area contributed by atoms with Gasteiger partial charge in [0.25, 0.3) is 0 Å². The molecule has 0 bridgehead atoms. The Hall–Kier alpha value is -0.260. The van der Waals surface area contributed by atoms with Crippen molar-refractivity contribution in [3.63, 3.8) is 0 Å². The van der Waals surface area contributed by atoms with Crippen LogP contribution in [0.4, 0.5) is 0 Å². The van der Waals surface area contributed by atoms with Crippen LogP contribution in [0.3, 0.4) is 0 Å². The highest BCUT2D eigenvalue weighted by Crippen LogP contribution is 2.66. The smallest absolute Gasteiger partial charge is 0.00855 e. The molecule has 2 unspecified atom stereocenters. The first-order valence-electron chi connectivity index (χ1n) is 7.34. The first-order valence-corrected chi connectivity index (χ1v) is 7.34. The summed E-state index contributed by atoms with van der Waals surface area (Å²) >= 11 is 0. The molecule has 0 radical (unpaired) electrons. The van der Waals surface area contributed by atoms with Gasteiger partial charge < -0.3 is 0 Å². The Morgan fingerprint density at radius 1 is 1.06 bits per heavy atom. The van der Waals surface area contributed by atoms with E-state index in [0.29, 0.717) is 16.2 Å². The molecule has 17 heavy (non-hydrogen) atoms. The zero-order valence-corrected chi connectivity index (χ0v) is 12.9. The van der Waals surface area contributed by atoms with Crippen molar-refractivity contribution >= 4 is 0 Å². The third kappa shape index (κ3) is 1.48. The van der Waals surface area contributed by atoms with Crippen LogP contribution in [0.15, 0.2) is 11.6 Å². The lowest BCUT2D eigenvalue weighted by Gasteiger charge is -2.64. The van der Waals surface area contributed by atoms with E-state index in [1.54, 1.807) is 5.57 Å². The van der Waals surface area contributed by atoms with E-state index in [-0.39, 0.29) is 0 Å². The van der Waals surface area contributed by atoms with Crippen molar-refractivity contribution in [2.45, 2.75) is 67.7 Å². The van der Waals surface area contributed by atoms with E-state index in [1.807, 2.05) is 0 Å². The molecule has 2 aliphatic carbocycles. The molecule has 0 aromatic rings. The summed E-state index contributed by atoms with van der Waals surface area (Å²) in [5.74, 6) is 1.64. The molecular formula is C17H30. The topological polar surface area (TPSA) is 0 Å². The molecule has 0 heteroatoms. The van der Waals surface area contributed by atoms with Gasteiger partial charge in [-0.05, 0) is 47.3 Å². The maximum absolute atomic E-state index is 2.57. The van der Waals surface area contributed by atoms with Gasteiger partial charge in [0.1, 0.15) is 0 Å². The molecule has 0 amide bonds.